The van der Waals surface area contributed by atoms with Crippen LogP contribution in [0.1, 0.15) is 47.1 Å². The van der Waals surface area contributed by atoms with Gasteiger partial charge in [0, 0.05) is 17.9 Å². The fourth-order valence-corrected chi connectivity index (χ4v) is 4.11. The standard InChI is InChI=1S/C18H21N3OS/c1-11-6-15-17(7-12(11)2)21(10-19-15)13(3)18-20-16(9-23-18)14-4-5-22-8-14/h6-7,9-10,13-14H,4-5,8H2,1-3H3/t13-,14-/m0/s1. The molecule has 1 aromatic carbocycles. The van der Waals surface area contributed by atoms with Crippen molar-refractivity contribution in [3.8, 4) is 0 Å². The molecule has 5 heteroatoms. The summed E-state index contributed by atoms with van der Waals surface area (Å²) >= 11 is 1.74. The molecule has 0 bridgehead atoms. The van der Waals surface area contributed by atoms with E-state index in [1.165, 1.54) is 22.3 Å². The Kier molecular flexibility index (Phi) is 3.70. The Bertz CT molecular complexity index is 845. The summed E-state index contributed by atoms with van der Waals surface area (Å²) in [7, 11) is 0. The van der Waals surface area contributed by atoms with Crippen LogP contribution in [-0.4, -0.2) is 27.7 Å². The van der Waals surface area contributed by atoms with Crippen molar-refractivity contribution in [3.63, 3.8) is 0 Å². The Labute approximate surface area is 140 Å². The number of aryl methyl sites for hydroxylation is 2. The minimum absolute atomic E-state index is 0.197. The summed E-state index contributed by atoms with van der Waals surface area (Å²) in [5.74, 6) is 0.469. The largest absolute Gasteiger partial charge is 0.381 e. The lowest BCUT2D eigenvalue weighted by molar-refractivity contribution is 0.193. The number of nitrogens with zero attached hydrogens (tertiary/aromatic N) is 3. The van der Waals surface area contributed by atoms with Gasteiger partial charge in [-0.3, -0.25) is 0 Å². The van der Waals surface area contributed by atoms with Crippen LogP contribution in [-0.2, 0) is 4.74 Å². The number of imidazole rings is 1. The van der Waals surface area contributed by atoms with Crippen molar-refractivity contribution in [3.05, 3.63) is 45.7 Å². The van der Waals surface area contributed by atoms with E-state index in [1.54, 1.807) is 11.3 Å². The van der Waals surface area contributed by atoms with Crippen LogP contribution >= 0.6 is 11.3 Å². The third kappa shape index (κ3) is 2.58. The Balaban J connectivity index is 1.69. The number of benzene rings is 1. The van der Waals surface area contributed by atoms with Gasteiger partial charge in [0.2, 0.25) is 0 Å². The molecule has 23 heavy (non-hydrogen) atoms. The average Bonchev–Trinajstić information content (AvgIpc) is 3.27. The highest BCUT2D eigenvalue weighted by atomic mass is 32.1. The van der Waals surface area contributed by atoms with Crippen LogP contribution in [0.5, 0.6) is 0 Å². The van der Waals surface area contributed by atoms with E-state index in [-0.39, 0.29) is 6.04 Å². The summed E-state index contributed by atoms with van der Waals surface area (Å²) in [6, 6.07) is 4.59. The highest BCUT2D eigenvalue weighted by Crippen LogP contribution is 2.31. The number of hydrogen-bond acceptors (Lipinski definition) is 4. The van der Waals surface area contributed by atoms with Crippen molar-refractivity contribution in [2.45, 2.75) is 39.2 Å². The third-order valence-electron chi connectivity index (χ3n) is 4.85. The van der Waals surface area contributed by atoms with E-state index in [0.29, 0.717) is 5.92 Å². The second kappa shape index (κ2) is 5.73. The van der Waals surface area contributed by atoms with E-state index >= 15 is 0 Å². The second-order valence-electron chi connectivity index (χ2n) is 6.42. The van der Waals surface area contributed by atoms with Gasteiger partial charge in [0.1, 0.15) is 5.01 Å². The maximum absolute atomic E-state index is 5.48. The maximum atomic E-state index is 5.48. The van der Waals surface area contributed by atoms with Crippen molar-refractivity contribution in [1.29, 1.82) is 0 Å². The molecule has 120 valence electrons. The molecule has 2 atom stereocenters. The zero-order valence-electron chi connectivity index (χ0n) is 13.7. The lowest BCUT2D eigenvalue weighted by atomic mass is 10.1. The van der Waals surface area contributed by atoms with Crippen LogP contribution in [0.4, 0.5) is 0 Å². The molecule has 2 aromatic heterocycles. The highest BCUT2D eigenvalue weighted by Gasteiger charge is 2.22. The van der Waals surface area contributed by atoms with Gasteiger partial charge in [0.25, 0.3) is 0 Å². The monoisotopic (exact) mass is 327 g/mol. The maximum Gasteiger partial charge on any atom is 0.116 e. The summed E-state index contributed by atoms with van der Waals surface area (Å²) in [6.45, 7) is 8.15. The normalized spacial score (nSPS) is 19.5. The Morgan fingerprint density at radius 1 is 1.30 bits per heavy atom. The minimum Gasteiger partial charge on any atom is -0.381 e. The number of aromatic nitrogens is 3. The van der Waals surface area contributed by atoms with Crippen LogP contribution in [0, 0.1) is 13.8 Å². The van der Waals surface area contributed by atoms with Gasteiger partial charge in [0.05, 0.1) is 35.7 Å². The molecule has 1 saturated heterocycles. The van der Waals surface area contributed by atoms with Gasteiger partial charge in [-0.1, -0.05) is 0 Å². The molecule has 1 aliphatic heterocycles. The quantitative estimate of drug-likeness (QED) is 0.723. The summed E-state index contributed by atoms with van der Waals surface area (Å²) in [6.07, 6.45) is 3.03. The topological polar surface area (TPSA) is 39.9 Å². The van der Waals surface area contributed by atoms with Crippen molar-refractivity contribution < 1.29 is 4.74 Å². The Morgan fingerprint density at radius 3 is 2.91 bits per heavy atom. The van der Waals surface area contributed by atoms with E-state index in [9.17, 15) is 0 Å². The number of fused-ring (bicyclic) bond motifs is 1. The van der Waals surface area contributed by atoms with Gasteiger partial charge in [0.15, 0.2) is 0 Å². The Hall–Kier alpha value is -1.72. The predicted octanol–water partition coefficient (Wildman–Crippen LogP) is 4.22. The first-order valence-corrected chi connectivity index (χ1v) is 8.98. The SMILES string of the molecule is Cc1cc2ncn([C@@H](C)c3nc([C@H]4CCOC4)cs3)c2cc1C. The van der Waals surface area contributed by atoms with Crippen LogP contribution < -0.4 is 0 Å². The number of ether oxygens (including phenoxy) is 1. The van der Waals surface area contributed by atoms with Crippen LogP contribution in [0.25, 0.3) is 11.0 Å². The zero-order valence-corrected chi connectivity index (χ0v) is 14.6. The van der Waals surface area contributed by atoms with Crippen molar-refractivity contribution in [2.75, 3.05) is 13.2 Å². The van der Waals surface area contributed by atoms with Gasteiger partial charge in [-0.2, -0.15) is 0 Å². The number of rotatable bonds is 3. The predicted molar refractivity (Wildman–Crippen MR) is 93.3 cm³/mol. The minimum atomic E-state index is 0.197. The fraction of sp³-hybridized carbons (Fsp3) is 0.444. The van der Waals surface area contributed by atoms with Crippen LogP contribution in [0.3, 0.4) is 0 Å². The molecule has 4 rings (SSSR count). The van der Waals surface area contributed by atoms with Gasteiger partial charge in [-0.25, -0.2) is 9.97 Å². The molecule has 0 amide bonds. The van der Waals surface area contributed by atoms with Crippen LogP contribution in [0.15, 0.2) is 23.8 Å². The van der Waals surface area contributed by atoms with E-state index < -0.39 is 0 Å². The summed E-state index contributed by atoms with van der Waals surface area (Å²) in [5, 5.41) is 3.34. The van der Waals surface area contributed by atoms with E-state index in [0.717, 1.165) is 30.2 Å². The summed E-state index contributed by atoms with van der Waals surface area (Å²) in [5.41, 5.74) is 6.01. The molecule has 0 saturated carbocycles. The van der Waals surface area contributed by atoms with Crippen molar-refractivity contribution >= 4 is 22.4 Å². The molecule has 0 radical (unpaired) electrons. The molecule has 0 aliphatic carbocycles. The highest BCUT2D eigenvalue weighted by molar-refractivity contribution is 7.09. The van der Waals surface area contributed by atoms with Gasteiger partial charge in [-0.15, -0.1) is 11.3 Å². The van der Waals surface area contributed by atoms with E-state index in [4.69, 9.17) is 9.72 Å². The first kappa shape index (κ1) is 14.8. The summed E-state index contributed by atoms with van der Waals surface area (Å²) in [4.78, 5) is 9.46. The first-order chi connectivity index (χ1) is 11.1. The second-order valence-corrected chi connectivity index (χ2v) is 7.31. The Morgan fingerprint density at radius 2 is 2.13 bits per heavy atom. The zero-order chi connectivity index (χ0) is 16.0. The lowest BCUT2D eigenvalue weighted by Gasteiger charge is -2.12. The lowest BCUT2D eigenvalue weighted by Crippen LogP contribution is -2.06. The fourth-order valence-electron chi connectivity index (χ4n) is 3.16. The molecule has 3 aromatic rings. The van der Waals surface area contributed by atoms with Crippen LogP contribution in [0.2, 0.25) is 0 Å². The number of thiazole rings is 1. The molecule has 3 heterocycles. The van der Waals surface area contributed by atoms with Gasteiger partial charge >= 0.3 is 0 Å². The molecule has 1 fully saturated rings. The third-order valence-corrected chi connectivity index (χ3v) is 5.89. The molecule has 0 N–H and O–H groups in total. The molecular formula is C18H21N3OS. The van der Waals surface area contributed by atoms with Crippen molar-refractivity contribution in [1.82, 2.24) is 14.5 Å². The smallest absolute Gasteiger partial charge is 0.116 e. The molecule has 4 nitrogen and oxygen atoms in total. The van der Waals surface area contributed by atoms with Gasteiger partial charge < -0.3 is 9.30 Å². The van der Waals surface area contributed by atoms with E-state index in [1.807, 2.05) is 6.33 Å². The molecule has 0 unspecified atom stereocenters. The molecular weight excluding hydrogens is 306 g/mol. The molecule has 1 aliphatic rings. The summed E-state index contributed by atoms with van der Waals surface area (Å²) < 4.78 is 7.72. The van der Waals surface area contributed by atoms with Crippen molar-refractivity contribution in [2.24, 2.45) is 0 Å². The van der Waals surface area contributed by atoms with Gasteiger partial charge in [-0.05, 0) is 50.5 Å². The van der Waals surface area contributed by atoms with E-state index in [2.05, 4.69) is 47.8 Å². The average molecular weight is 327 g/mol. The first-order valence-electron chi connectivity index (χ1n) is 8.10. The molecule has 0 spiro atoms. The number of hydrogen-bond donors (Lipinski definition) is 0.